The van der Waals surface area contributed by atoms with Crippen LogP contribution in [0, 0.1) is 0 Å². The summed E-state index contributed by atoms with van der Waals surface area (Å²) in [5.74, 6) is -0.500. The number of allylic oxidation sites excluding steroid dienone is 16. The molecule has 62 heavy (non-hydrogen) atoms. The maximum atomic E-state index is 12.8. The molecule has 0 saturated carbocycles. The highest BCUT2D eigenvalue weighted by molar-refractivity contribution is 5.70. The highest BCUT2D eigenvalue weighted by atomic mass is 16.6. The van der Waals surface area contributed by atoms with Gasteiger partial charge in [-0.1, -0.05) is 227 Å². The van der Waals surface area contributed by atoms with Crippen LogP contribution in [0.15, 0.2) is 97.2 Å². The molecule has 1 atom stereocenters. The Hall–Kier alpha value is -3.18. The minimum atomic E-state index is -0.575. The predicted molar refractivity (Wildman–Crippen MR) is 270 cm³/mol. The van der Waals surface area contributed by atoms with Crippen LogP contribution in [0.5, 0.6) is 0 Å². The topological polar surface area (TPSA) is 61.8 Å². The molecule has 0 aliphatic heterocycles. The number of hydrogen-bond donors (Lipinski definition) is 0. The van der Waals surface area contributed by atoms with Gasteiger partial charge in [0.2, 0.25) is 0 Å². The smallest absolute Gasteiger partial charge is 0.306 e. The van der Waals surface area contributed by atoms with E-state index in [-0.39, 0.29) is 25.2 Å². The summed E-state index contributed by atoms with van der Waals surface area (Å²) < 4.78 is 17.3. The summed E-state index contributed by atoms with van der Waals surface area (Å²) in [6.45, 7) is 7.55. The van der Waals surface area contributed by atoms with E-state index >= 15 is 0 Å². The molecule has 1 unspecified atom stereocenters. The van der Waals surface area contributed by atoms with Gasteiger partial charge in [-0.2, -0.15) is 0 Å². The number of rotatable bonds is 46. The molecule has 0 saturated heterocycles. The van der Waals surface area contributed by atoms with E-state index in [1.54, 1.807) is 0 Å². The van der Waals surface area contributed by atoms with Crippen molar-refractivity contribution in [1.82, 2.24) is 0 Å². The zero-order valence-electron chi connectivity index (χ0n) is 40.6. The third kappa shape index (κ3) is 49.5. The van der Waals surface area contributed by atoms with Gasteiger partial charge in [0.25, 0.3) is 0 Å². The van der Waals surface area contributed by atoms with Crippen molar-refractivity contribution in [2.24, 2.45) is 0 Å². The first-order valence-electron chi connectivity index (χ1n) is 25.8. The summed E-state index contributed by atoms with van der Waals surface area (Å²) in [5, 5.41) is 0. The molecule has 0 rings (SSSR count). The molecule has 5 heteroatoms. The lowest BCUT2D eigenvalue weighted by molar-refractivity contribution is -0.162. The van der Waals surface area contributed by atoms with Crippen LogP contribution in [0.2, 0.25) is 0 Å². The van der Waals surface area contributed by atoms with Gasteiger partial charge in [-0.3, -0.25) is 9.59 Å². The molecule has 0 spiro atoms. The van der Waals surface area contributed by atoms with E-state index in [1.807, 2.05) is 6.08 Å². The predicted octanol–water partition coefficient (Wildman–Crippen LogP) is 17.5. The van der Waals surface area contributed by atoms with Crippen LogP contribution in [-0.2, 0) is 23.8 Å². The van der Waals surface area contributed by atoms with Gasteiger partial charge < -0.3 is 14.2 Å². The van der Waals surface area contributed by atoms with E-state index in [1.165, 1.54) is 109 Å². The summed E-state index contributed by atoms with van der Waals surface area (Å²) in [5.41, 5.74) is 0. The molecule has 0 radical (unpaired) electrons. The first-order chi connectivity index (χ1) is 30.6. The normalized spacial score (nSPS) is 13.0. The van der Waals surface area contributed by atoms with Gasteiger partial charge in [-0.05, 0) is 83.5 Å². The molecule has 354 valence electrons. The van der Waals surface area contributed by atoms with Crippen molar-refractivity contribution in [2.75, 3.05) is 19.8 Å². The van der Waals surface area contributed by atoms with Crippen LogP contribution >= 0.6 is 0 Å². The van der Waals surface area contributed by atoms with Crippen LogP contribution < -0.4 is 0 Å². The average molecular weight is 861 g/mol. The van der Waals surface area contributed by atoms with E-state index in [4.69, 9.17) is 14.2 Å². The quantitative estimate of drug-likeness (QED) is 0.0347. The largest absolute Gasteiger partial charge is 0.462 e. The number of esters is 2. The highest BCUT2D eigenvalue weighted by Gasteiger charge is 2.17. The lowest BCUT2D eigenvalue weighted by atomic mass is 10.0. The average Bonchev–Trinajstić information content (AvgIpc) is 3.27. The zero-order valence-corrected chi connectivity index (χ0v) is 40.6. The van der Waals surface area contributed by atoms with Crippen molar-refractivity contribution in [3.63, 3.8) is 0 Å². The minimum Gasteiger partial charge on any atom is -0.462 e. The Morgan fingerprint density at radius 2 is 0.790 bits per heavy atom. The summed E-state index contributed by atoms with van der Waals surface area (Å²) in [7, 11) is 0. The van der Waals surface area contributed by atoms with Gasteiger partial charge in [-0.15, -0.1) is 0 Å². The van der Waals surface area contributed by atoms with Crippen molar-refractivity contribution in [3.8, 4) is 0 Å². The molecule has 0 heterocycles. The summed E-state index contributed by atoms with van der Waals surface area (Å²) in [6, 6.07) is 0. The lowest BCUT2D eigenvalue weighted by Crippen LogP contribution is -2.30. The first-order valence-corrected chi connectivity index (χ1v) is 25.8. The van der Waals surface area contributed by atoms with Crippen LogP contribution in [0.1, 0.15) is 226 Å². The highest BCUT2D eigenvalue weighted by Crippen LogP contribution is 2.14. The maximum Gasteiger partial charge on any atom is 0.306 e. The molecular formula is C57H96O5. The van der Waals surface area contributed by atoms with E-state index in [0.29, 0.717) is 25.9 Å². The minimum absolute atomic E-state index is 0.0381. The molecule has 5 nitrogen and oxygen atoms in total. The van der Waals surface area contributed by atoms with Gasteiger partial charge in [0.1, 0.15) is 6.61 Å². The number of ether oxygens (including phenoxy) is 3. The van der Waals surface area contributed by atoms with Crippen molar-refractivity contribution in [3.05, 3.63) is 97.2 Å². The van der Waals surface area contributed by atoms with Gasteiger partial charge in [-0.25, -0.2) is 0 Å². The van der Waals surface area contributed by atoms with E-state index in [2.05, 4.69) is 112 Å². The van der Waals surface area contributed by atoms with Gasteiger partial charge in [0.15, 0.2) is 6.10 Å². The first kappa shape index (κ1) is 58.8. The Balaban J connectivity index is 4.40. The number of carbonyl (C=O) groups excluding carboxylic acids is 2. The third-order valence-corrected chi connectivity index (χ3v) is 10.6. The van der Waals surface area contributed by atoms with Crippen LogP contribution in [0.4, 0.5) is 0 Å². The summed E-state index contributed by atoms with van der Waals surface area (Å²) in [6.07, 6.45) is 69.9. The Morgan fingerprint density at radius 1 is 0.371 bits per heavy atom. The molecule has 0 amide bonds. The molecule has 0 aliphatic rings. The second-order valence-corrected chi connectivity index (χ2v) is 16.7. The fraction of sp³-hybridized carbons (Fsp3) is 0.684. The third-order valence-electron chi connectivity index (χ3n) is 10.6. The molecule has 0 aromatic carbocycles. The Kier molecular flexibility index (Phi) is 49.5. The van der Waals surface area contributed by atoms with Crippen LogP contribution in [0.25, 0.3) is 0 Å². The molecule has 0 aliphatic carbocycles. The fourth-order valence-corrected chi connectivity index (χ4v) is 6.81. The number of unbranched alkanes of at least 4 members (excludes halogenated alkanes) is 19. The van der Waals surface area contributed by atoms with Gasteiger partial charge in [0, 0.05) is 19.4 Å². The molecule has 0 aromatic heterocycles. The van der Waals surface area contributed by atoms with Crippen LogP contribution in [0.3, 0.4) is 0 Å². The van der Waals surface area contributed by atoms with Crippen molar-refractivity contribution >= 4 is 11.9 Å². The molecule has 0 N–H and O–H groups in total. The Bertz CT molecular complexity index is 1200. The van der Waals surface area contributed by atoms with E-state index < -0.39 is 6.10 Å². The fourth-order valence-electron chi connectivity index (χ4n) is 6.81. The van der Waals surface area contributed by atoms with Crippen molar-refractivity contribution in [2.45, 2.75) is 232 Å². The van der Waals surface area contributed by atoms with Gasteiger partial charge in [0.05, 0.1) is 6.61 Å². The Labute approximate surface area is 383 Å². The second-order valence-electron chi connectivity index (χ2n) is 16.7. The molecule has 0 fully saturated rings. The monoisotopic (exact) mass is 861 g/mol. The Morgan fingerprint density at radius 3 is 1.29 bits per heavy atom. The maximum absolute atomic E-state index is 12.8. The van der Waals surface area contributed by atoms with Crippen molar-refractivity contribution < 1.29 is 23.8 Å². The summed E-state index contributed by atoms with van der Waals surface area (Å²) >= 11 is 0. The van der Waals surface area contributed by atoms with Gasteiger partial charge >= 0.3 is 11.9 Å². The second kappa shape index (κ2) is 52.2. The molecule has 0 aromatic rings. The van der Waals surface area contributed by atoms with E-state index in [9.17, 15) is 9.59 Å². The number of carbonyl (C=O) groups is 2. The molecule has 0 bridgehead atoms. The van der Waals surface area contributed by atoms with E-state index in [0.717, 1.165) is 77.0 Å². The number of hydrogen-bond acceptors (Lipinski definition) is 5. The zero-order chi connectivity index (χ0) is 44.9. The van der Waals surface area contributed by atoms with Crippen molar-refractivity contribution in [1.29, 1.82) is 0 Å². The summed E-state index contributed by atoms with van der Waals surface area (Å²) in [4.78, 5) is 25.4. The van der Waals surface area contributed by atoms with Crippen LogP contribution in [-0.4, -0.2) is 37.9 Å². The lowest BCUT2D eigenvalue weighted by Gasteiger charge is -2.18. The molecular weight excluding hydrogens is 765 g/mol. The standard InChI is InChI=1S/C57H96O5/c1-4-7-10-13-16-19-22-25-27-28-29-30-31-33-35-38-41-44-47-50-56(58)61-54-55(53-60-52-49-46-43-40-37-34-26-23-20-17-14-11-8-5-2)62-57(59)51-48-45-42-39-36-32-24-21-18-15-12-9-6-3/h7,10-11,14,16,19-20,23,25,27,29-30,33,35,41,44,55H,4-6,8-9,12-13,15,17-18,21-22,24,26,28,31-32,34,36-40,42-43,45-54H2,1-3H3/b10-7-,14-11-,19-16-,23-20-,27-25-,30-29-,35-33-,44-41-. The SMILES string of the molecule is CC/C=C\C/C=C\C/C=C\C/C=C\C/C=C\C/C=C\CCC(=O)OCC(COCCCCCCCC/C=C\C/C=C\CCC)OC(=O)CCCCCCCCCCCCCCC.